The van der Waals surface area contributed by atoms with Gasteiger partial charge < -0.3 is 9.15 Å². The van der Waals surface area contributed by atoms with Crippen molar-refractivity contribution in [1.82, 2.24) is 9.97 Å². The molecule has 0 unspecified atom stereocenters. The second-order valence-corrected chi connectivity index (χ2v) is 5.48. The highest BCUT2D eigenvalue weighted by Crippen LogP contribution is 2.35. The molecule has 2 rings (SSSR count). The van der Waals surface area contributed by atoms with Gasteiger partial charge >= 0.3 is 12.1 Å². The molecule has 2 aromatic heterocycles. The first kappa shape index (κ1) is 16.3. The number of rotatable bonds is 4. The van der Waals surface area contributed by atoms with E-state index in [1.54, 1.807) is 13.0 Å². The van der Waals surface area contributed by atoms with E-state index in [0.29, 0.717) is 5.76 Å². The number of methoxy groups -OCH3 is 1. The van der Waals surface area contributed by atoms with Crippen LogP contribution in [0, 0.1) is 0 Å². The van der Waals surface area contributed by atoms with E-state index in [4.69, 9.17) is 4.42 Å². The fourth-order valence-electron chi connectivity index (χ4n) is 1.55. The van der Waals surface area contributed by atoms with Gasteiger partial charge in [0, 0.05) is 6.20 Å². The first-order chi connectivity index (χ1) is 10.3. The maximum atomic E-state index is 12.6. The van der Waals surface area contributed by atoms with Gasteiger partial charge in [0.25, 0.3) is 0 Å². The summed E-state index contributed by atoms with van der Waals surface area (Å²) in [5, 5.41) is -0.403. The number of aromatic nitrogens is 2. The van der Waals surface area contributed by atoms with Gasteiger partial charge in [0.1, 0.15) is 11.5 Å². The van der Waals surface area contributed by atoms with E-state index in [2.05, 4.69) is 14.7 Å². The molecular weight excluding hydrogens is 321 g/mol. The molecule has 0 N–H and O–H groups in total. The zero-order chi connectivity index (χ0) is 16.3. The lowest BCUT2D eigenvalue weighted by Crippen LogP contribution is -2.09. The van der Waals surface area contributed by atoms with Crippen LogP contribution in [0.2, 0.25) is 0 Å². The van der Waals surface area contributed by atoms with Crippen molar-refractivity contribution >= 4 is 17.7 Å². The number of hydrogen-bond donors (Lipinski definition) is 0. The minimum absolute atomic E-state index is 0.0231. The Morgan fingerprint density at radius 2 is 2.09 bits per heavy atom. The fourth-order valence-corrected chi connectivity index (χ4v) is 2.39. The number of carbonyl (C=O) groups is 1. The fraction of sp³-hybridized carbons (Fsp3) is 0.308. The van der Waals surface area contributed by atoms with Gasteiger partial charge in [-0.15, -0.1) is 0 Å². The molecule has 22 heavy (non-hydrogen) atoms. The van der Waals surface area contributed by atoms with Crippen LogP contribution in [0.5, 0.6) is 0 Å². The van der Waals surface area contributed by atoms with E-state index in [-0.39, 0.29) is 16.2 Å². The molecule has 0 aliphatic heterocycles. The van der Waals surface area contributed by atoms with Crippen LogP contribution in [-0.4, -0.2) is 23.0 Å². The Hall–Kier alpha value is -2.03. The Labute approximate surface area is 127 Å². The molecule has 0 bridgehead atoms. The Balaban J connectivity index is 2.13. The van der Waals surface area contributed by atoms with E-state index < -0.39 is 17.8 Å². The molecule has 0 amide bonds. The van der Waals surface area contributed by atoms with Gasteiger partial charge in [-0.1, -0.05) is 11.8 Å². The SMILES string of the molecule is COC(=O)c1ccc([C@H](C)Sc2nccc(C(F)(F)F)n2)o1. The van der Waals surface area contributed by atoms with E-state index in [0.717, 1.165) is 24.0 Å². The summed E-state index contributed by atoms with van der Waals surface area (Å²) in [6.07, 6.45) is -3.48. The number of nitrogens with zero attached hydrogens (tertiary/aromatic N) is 2. The molecule has 0 saturated carbocycles. The topological polar surface area (TPSA) is 65.2 Å². The van der Waals surface area contributed by atoms with Crippen molar-refractivity contribution in [3.8, 4) is 0 Å². The van der Waals surface area contributed by atoms with Crippen molar-refractivity contribution in [2.45, 2.75) is 23.5 Å². The highest BCUT2D eigenvalue weighted by Gasteiger charge is 2.33. The van der Waals surface area contributed by atoms with Gasteiger partial charge in [0.05, 0.1) is 12.4 Å². The number of esters is 1. The average Bonchev–Trinajstić information content (AvgIpc) is 2.95. The second kappa shape index (κ2) is 6.39. The molecular formula is C13H11F3N2O3S. The molecule has 0 aliphatic carbocycles. The van der Waals surface area contributed by atoms with Gasteiger partial charge in [-0.3, -0.25) is 0 Å². The number of hydrogen-bond acceptors (Lipinski definition) is 6. The second-order valence-electron chi connectivity index (χ2n) is 4.18. The molecule has 0 spiro atoms. The van der Waals surface area contributed by atoms with Crippen LogP contribution in [0.25, 0.3) is 0 Å². The smallest absolute Gasteiger partial charge is 0.433 e. The van der Waals surface area contributed by atoms with Crippen molar-refractivity contribution < 1.29 is 27.1 Å². The van der Waals surface area contributed by atoms with Crippen LogP contribution in [0.15, 0.2) is 34.0 Å². The monoisotopic (exact) mass is 332 g/mol. The minimum atomic E-state index is -4.52. The van der Waals surface area contributed by atoms with Crippen LogP contribution in [-0.2, 0) is 10.9 Å². The molecule has 5 nitrogen and oxygen atoms in total. The van der Waals surface area contributed by atoms with E-state index >= 15 is 0 Å². The molecule has 2 heterocycles. The number of carbonyl (C=O) groups excluding carboxylic acids is 1. The Kier molecular flexibility index (Phi) is 4.74. The summed E-state index contributed by atoms with van der Waals surface area (Å²) in [4.78, 5) is 18.5. The lowest BCUT2D eigenvalue weighted by molar-refractivity contribution is -0.141. The summed E-state index contributed by atoms with van der Waals surface area (Å²) in [5.74, 6) is -0.194. The Morgan fingerprint density at radius 3 is 2.73 bits per heavy atom. The number of halogens is 3. The summed E-state index contributed by atoms with van der Waals surface area (Å²) in [5.41, 5.74) is -1.01. The molecule has 9 heteroatoms. The van der Waals surface area contributed by atoms with Crippen LogP contribution < -0.4 is 0 Å². The highest BCUT2D eigenvalue weighted by molar-refractivity contribution is 7.99. The molecule has 0 aromatic carbocycles. The molecule has 0 fully saturated rings. The van der Waals surface area contributed by atoms with Crippen molar-refractivity contribution in [2.75, 3.05) is 7.11 Å². The average molecular weight is 332 g/mol. The molecule has 1 atom stereocenters. The maximum absolute atomic E-state index is 12.6. The van der Waals surface area contributed by atoms with Crippen molar-refractivity contribution in [3.63, 3.8) is 0 Å². The summed E-state index contributed by atoms with van der Waals surface area (Å²) in [6.45, 7) is 1.70. The quantitative estimate of drug-likeness (QED) is 0.483. The van der Waals surface area contributed by atoms with Gasteiger partial charge in [-0.05, 0) is 25.1 Å². The summed E-state index contributed by atoms with van der Waals surface area (Å²) in [6, 6.07) is 3.79. The van der Waals surface area contributed by atoms with Gasteiger partial charge in [0.2, 0.25) is 5.76 Å². The van der Waals surface area contributed by atoms with Gasteiger partial charge in [0.15, 0.2) is 5.16 Å². The van der Waals surface area contributed by atoms with Crippen LogP contribution in [0.3, 0.4) is 0 Å². The van der Waals surface area contributed by atoms with Gasteiger partial charge in [-0.2, -0.15) is 13.2 Å². The van der Waals surface area contributed by atoms with Crippen LogP contribution in [0.1, 0.15) is 34.2 Å². The normalized spacial score (nSPS) is 13.0. The largest absolute Gasteiger partial charge is 0.463 e. The van der Waals surface area contributed by atoms with E-state index in [1.807, 2.05) is 0 Å². The Morgan fingerprint density at radius 1 is 1.36 bits per heavy atom. The maximum Gasteiger partial charge on any atom is 0.433 e. The zero-order valence-electron chi connectivity index (χ0n) is 11.5. The third-order valence-corrected chi connectivity index (χ3v) is 3.61. The van der Waals surface area contributed by atoms with Crippen molar-refractivity contribution in [2.24, 2.45) is 0 Å². The number of alkyl halides is 3. The molecule has 118 valence electrons. The number of ether oxygens (including phenoxy) is 1. The van der Waals surface area contributed by atoms with E-state index in [9.17, 15) is 18.0 Å². The van der Waals surface area contributed by atoms with E-state index in [1.165, 1.54) is 13.2 Å². The predicted octanol–water partition coefficient (Wildman–Crippen LogP) is 3.73. The molecule has 0 aliphatic rings. The molecule has 2 aromatic rings. The first-order valence-electron chi connectivity index (χ1n) is 6.06. The van der Waals surface area contributed by atoms with Crippen LogP contribution in [0.4, 0.5) is 13.2 Å². The first-order valence-corrected chi connectivity index (χ1v) is 6.94. The third-order valence-electron chi connectivity index (χ3n) is 2.62. The number of thioether (sulfide) groups is 1. The number of furan rings is 1. The van der Waals surface area contributed by atoms with Crippen LogP contribution >= 0.6 is 11.8 Å². The Bertz CT molecular complexity index is 673. The van der Waals surface area contributed by atoms with Gasteiger partial charge in [-0.25, -0.2) is 14.8 Å². The van der Waals surface area contributed by atoms with Crippen molar-refractivity contribution in [3.05, 3.63) is 41.6 Å². The highest BCUT2D eigenvalue weighted by atomic mass is 32.2. The molecule has 0 radical (unpaired) electrons. The zero-order valence-corrected chi connectivity index (χ0v) is 12.4. The minimum Gasteiger partial charge on any atom is -0.463 e. The summed E-state index contributed by atoms with van der Waals surface area (Å²) >= 11 is 0.992. The van der Waals surface area contributed by atoms with Crippen molar-refractivity contribution in [1.29, 1.82) is 0 Å². The third kappa shape index (κ3) is 3.79. The standard InChI is InChI=1S/C13H11F3N2O3S/c1-7(8-3-4-9(21-8)11(19)20-2)22-12-17-6-5-10(18-12)13(14,15)16/h3-7H,1-2H3/t7-/m0/s1. The predicted molar refractivity (Wildman–Crippen MR) is 71.4 cm³/mol. The lowest BCUT2D eigenvalue weighted by atomic mass is 10.3. The summed E-state index contributed by atoms with van der Waals surface area (Å²) in [7, 11) is 1.22. The lowest BCUT2D eigenvalue weighted by Gasteiger charge is -2.09. The summed E-state index contributed by atoms with van der Waals surface area (Å²) < 4.78 is 47.6. The molecule has 0 saturated heterocycles.